The molecule has 146 valence electrons. The van der Waals surface area contributed by atoms with E-state index in [-0.39, 0.29) is 11.5 Å². The largest absolute Gasteiger partial charge is 0.352 e. The highest BCUT2D eigenvalue weighted by molar-refractivity contribution is 5.94. The molecular weight excluding hydrogens is 352 g/mol. The zero-order chi connectivity index (χ0) is 20.1. The maximum Gasteiger partial charge on any atom is 0.278 e. The van der Waals surface area contributed by atoms with Gasteiger partial charge in [-0.1, -0.05) is 32.9 Å². The third-order valence-corrected chi connectivity index (χ3v) is 4.58. The Bertz CT molecular complexity index is 1020. The third kappa shape index (κ3) is 4.27. The molecule has 0 saturated heterocycles. The van der Waals surface area contributed by atoms with Crippen LogP contribution < -0.4 is 10.9 Å². The first-order chi connectivity index (χ1) is 13.5. The summed E-state index contributed by atoms with van der Waals surface area (Å²) in [5.74, 6) is 0.438. The molecule has 0 unspecified atom stereocenters. The number of aromatic nitrogens is 3. The van der Waals surface area contributed by atoms with E-state index in [4.69, 9.17) is 0 Å². The van der Waals surface area contributed by atoms with Gasteiger partial charge in [-0.2, -0.15) is 0 Å². The van der Waals surface area contributed by atoms with Crippen molar-refractivity contribution in [2.75, 3.05) is 6.54 Å². The predicted molar refractivity (Wildman–Crippen MR) is 111 cm³/mol. The van der Waals surface area contributed by atoms with Gasteiger partial charge in [0.25, 0.3) is 11.5 Å². The molecule has 0 bridgehead atoms. The lowest BCUT2D eigenvalue weighted by atomic mass is 10.1. The quantitative estimate of drug-likeness (QED) is 0.681. The van der Waals surface area contributed by atoms with Crippen LogP contribution in [0.15, 0.2) is 47.4 Å². The lowest BCUT2D eigenvalue weighted by Gasteiger charge is -2.11. The molecule has 0 fully saturated rings. The molecule has 3 rings (SSSR count). The van der Waals surface area contributed by atoms with Crippen LogP contribution in [0.4, 0.5) is 0 Å². The first-order valence-electron chi connectivity index (χ1n) is 9.75. The van der Waals surface area contributed by atoms with Crippen LogP contribution in [0, 0.1) is 5.92 Å². The van der Waals surface area contributed by atoms with Gasteiger partial charge in [0.15, 0.2) is 5.65 Å². The summed E-state index contributed by atoms with van der Waals surface area (Å²) in [6.07, 6.45) is 3.43. The Morgan fingerprint density at radius 2 is 1.93 bits per heavy atom. The molecule has 3 aromatic rings. The van der Waals surface area contributed by atoms with Crippen molar-refractivity contribution in [2.45, 2.75) is 40.2 Å². The van der Waals surface area contributed by atoms with Gasteiger partial charge in [-0.15, -0.1) is 0 Å². The van der Waals surface area contributed by atoms with Crippen LogP contribution in [0.2, 0.25) is 0 Å². The number of carbonyl (C=O) groups excluding carboxylic acids is 1. The van der Waals surface area contributed by atoms with Crippen molar-refractivity contribution < 1.29 is 4.79 Å². The normalized spacial score (nSPS) is 11.1. The van der Waals surface area contributed by atoms with Crippen molar-refractivity contribution in [1.82, 2.24) is 19.9 Å². The molecule has 1 amide bonds. The maximum absolute atomic E-state index is 13.0. The fourth-order valence-electron chi connectivity index (χ4n) is 3.05. The molecule has 0 atom stereocenters. The molecule has 6 nitrogen and oxygen atoms in total. The Labute approximate surface area is 164 Å². The molecule has 0 aliphatic heterocycles. The summed E-state index contributed by atoms with van der Waals surface area (Å²) in [5.41, 5.74) is 2.76. The van der Waals surface area contributed by atoms with Gasteiger partial charge in [-0.3, -0.25) is 14.2 Å². The summed E-state index contributed by atoms with van der Waals surface area (Å²) in [4.78, 5) is 34.1. The van der Waals surface area contributed by atoms with E-state index in [1.54, 1.807) is 35.0 Å². The fourth-order valence-corrected chi connectivity index (χ4v) is 3.05. The monoisotopic (exact) mass is 378 g/mol. The number of pyridine rings is 1. The van der Waals surface area contributed by atoms with E-state index in [0.29, 0.717) is 47.0 Å². The number of nitrogens with one attached hydrogen (secondary N) is 1. The molecule has 1 aromatic carbocycles. The van der Waals surface area contributed by atoms with Gasteiger partial charge in [0.2, 0.25) is 0 Å². The fraction of sp³-hybridized carbons (Fsp3) is 0.364. The van der Waals surface area contributed by atoms with E-state index >= 15 is 0 Å². The van der Waals surface area contributed by atoms with Crippen molar-refractivity contribution in [3.63, 3.8) is 0 Å². The minimum atomic E-state index is -0.165. The minimum Gasteiger partial charge on any atom is -0.352 e. The molecular formula is C22H26N4O2. The molecule has 1 N–H and O–H groups in total. The Morgan fingerprint density at radius 3 is 2.61 bits per heavy atom. The summed E-state index contributed by atoms with van der Waals surface area (Å²) in [6, 6.07) is 10.7. The molecule has 6 heteroatoms. The van der Waals surface area contributed by atoms with E-state index in [2.05, 4.69) is 29.1 Å². The Hall–Kier alpha value is -3.02. The van der Waals surface area contributed by atoms with Crippen molar-refractivity contribution in [3.05, 3.63) is 58.5 Å². The number of aryl methyl sites for hydroxylation is 1. The summed E-state index contributed by atoms with van der Waals surface area (Å²) in [5, 5.41) is 2.92. The topological polar surface area (TPSA) is 76.9 Å². The van der Waals surface area contributed by atoms with Gasteiger partial charge < -0.3 is 5.32 Å². The second-order valence-electron chi connectivity index (χ2n) is 7.28. The van der Waals surface area contributed by atoms with Crippen molar-refractivity contribution in [2.24, 2.45) is 5.92 Å². The average Bonchev–Trinajstić information content (AvgIpc) is 2.70. The van der Waals surface area contributed by atoms with Crippen LogP contribution >= 0.6 is 0 Å². The molecule has 2 aromatic heterocycles. The number of carbonyl (C=O) groups is 1. The Morgan fingerprint density at radius 1 is 1.18 bits per heavy atom. The molecule has 0 aliphatic rings. The van der Waals surface area contributed by atoms with Gasteiger partial charge in [-0.05, 0) is 43.0 Å². The van der Waals surface area contributed by atoms with Crippen LogP contribution in [0.25, 0.3) is 22.4 Å². The standard InChI is InChI=1S/C22H26N4O2/c1-4-14-26-20-18(6-5-12-23-20)25-19(22(26)28)16-7-9-17(10-8-16)21(27)24-13-11-15(2)3/h5-10,12,15H,4,11,13-14H2,1-3H3,(H,24,27). The van der Waals surface area contributed by atoms with Gasteiger partial charge in [0, 0.05) is 30.4 Å². The minimum absolute atomic E-state index is 0.105. The van der Waals surface area contributed by atoms with Crippen LogP contribution in [0.3, 0.4) is 0 Å². The number of hydrogen-bond acceptors (Lipinski definition) is 4. The molecule has 0 radical (unpaired) electrons. The van der Waals surface area contributed by atoms with Gasteiger partial charge in [0.05, 0.1) is 0 Å². The highest BCUT2D eigenvalue weighted by atomic mass is 16.1. The molecule has 0 spiro atoms. The smallest absolute Gasteiger partial charge is 0.278 e. The molecule has 0 saturated carbocycles. The first kappa shape index (κ1) is 19.7. The van der Waals surface area contributed by atoms with Gasteiger partial charge >= 0.3 is 0 Å². The average molecular weight is 378 g/mol. The number of fused-ring (bicyclic) bond motifs is 1. The second kappa shape index (κ2) is 8.78. The van der Waals surface area contributed by atoms with E-state index in [1.165, 1.54) is 0 Å². The lowest BCUT2D eigenvalue weighted by molar-refractivity contribution is 0.0952. The lowest BCUT2D eigenvalue weighted by Crippen LogP contribution is -2.25. The zero-order valence-corrected chi connectivity index (χ0v) is 16.6. The van der Waals surface area contributed by atoms with Crippen molar-refractivity contribution in [3.8, 4) is 11.3 Å². The van der Waals surface area contributed by atoms with E-state index in [9.17, 15) is 9.59 Å². The third-order valence-electron chi connectivity index (χ3n) is 4.58. The number of hydrogen-bond donors (Lipinski definition) is 1. The maximum atomic E-state index is 13.0. The highest BCUT2D eigenvalue weighted by Gasteiger charge is 2.14. The van der Waals surface area contributed by atoms with Crippen LogP contribution in [0.5, 0.6) is 0 Å². The van der Waals surface area contributed by atoms with Crippen molar-refractivity contribution >= 4 is 17.1 Å². The summed E-state index contributed by atoms with van der Waals surface area (Å²) in [6.45, 7) is 7.50. The van der Waals surface area contributed by atoms with Crippen LogP contribution in [-0.4, -0.2) is 27.0 Å². The molecule has 2 heterocycles. The molecule has 0 aliphatic carbocycles. The SMILES string of the molecule is CCCn1c(=O)c(-c2ccc(C(=O)NCCC(C)C)cc2)nc2cccnc21. The summed E-state index contributed by atoms with van der Waals surface area (Å²) < 4.78 is 1.67. The number of nitrogens with zero attached hydrogens (tertiary/aromatic N) is 3. The number of rotatable bonds is 7. The second-order valence-corrected chi connectivity index (χ2v) is 7.28. The van der Waals surface area contributed by atoms with Crippen LogP contribution in [0.1, 0.15) is 44.0 Å². The Balaban J connectivity index is 1.91. The molecule has 28 heavy (non-hydrogen) atoms. The van der Waals surface area contributed by atoms with E-state index in [1.807, 2.05) is 19.1 Å². The zero-order valence-electron chi connectivity index (χ0n) is 16.6. The number of benzene rings is 1. The van der Waals surface area contributed by atoms with E-state index < -0.39 is 0 Å². The van der Waals surface area contributed by atoms with E-state index in [0.717, 1.165) is 12.8 Å². The van der Waals surface area contributed by atoms with Crippen molar-refractivity contribution in [1.29, 1.82) is 0 Å². The summed E-state index contributed by atoms with van der Waals surface area (Å²) in [7, 11) is 0. The Kier molecular flexibility index (Phi) is 6.19. The van der Waals surface area contributed by atoms with Gasteiger partial charge in [-0.25, -0.2) is 9.97 Å². The summed E-state index contributed by atoms with van der Waals surface area (Å²) >= 11 is 0. The highest BCUT2D eigenvalue weighted by Crippen LogP contribution is 2.18. The predicted octanol–water partition coefficient (Wildman–Crippen LogP) is 3.64. The van der Waals surface area contributed by atoms with Crippen LogP contribution in [-0.2, 0) is 6.54 Å². The van der Waals surface area contributed by atoms with Gasteiger partial charge in [0.1, 0.15) is 11.2 Å². The number of amides is 1. The first-order valence-corrected chi connectivity index (χ1v) is 9.75.